The highest BCUT2D eigenvalue weighted by Crippen LogP contribution is 2.20. The average Bonchev–Trinajstić information content (AvgIpc) is 2.46. The van der Waals surface area contributed by atoms with Crippen LogP contribution in [0.25, 0.3) is 6.08 Å². The van der Waals surface area contributed by atoms with Crippen LogP contribution < -0.4 is 4.74 Å². The Bertz CT molecular complexity index is 751. The summed E-state index contributed by atoms with van der Waals surface area (Å²) in [5.74, 6) is -2.05. The Labute approximate surface area is 136 Å². The number of carbonyl (C=O) groups excluding carboxylic acids is 1. The van der Waals surface area contributed by atoms with Gasteiger partial charge in [-0.15, -0.1) is 0 Å². The lowest BCUT2D eigenvalue weighted by atomic mass is 10.1. The predicted octanol–water partition coefficient (Wildman–Crippen LogP) is 3.73. The van der Waals surface area contributed by atoms with Gasteiger partial charge in [0.1, 0.15) is 11.6 Å². The van der Waals surface area contributed by atoms with E-state index in [-0.39, 0.29) is 22.8 Å². The van der Waals surface area contributed by atoms with Crippen molar-refractivity contribution in [1.82, 2.24) is 0 Å². The molecule has 0 unspecified atom stereocenters. The molecule has 2 aromatic carbocycles. The lowest BCUT2D eigenvalue weighted by molar-refractivity contribution is -0.136. The Morgan fingerprint density at radius 3 is 2.65 bits per heavy atom. The quantitative estimate of drug-likeness (QED) is 0.514. The van der Waals surface area contributed by atoms with Gasteiger partial charge in [-0.25, -0.2) is 9.18 Å². The van der Waals surface area contributed by atoms with Crippen molar-refractivity contribution in [2.24, 2.45) is 0 Å². The second-order valence-electron chi connectivity index (χ2n) is 4.61. The lowest BCUT2D eigenvalue weighted by Crippen LogP contribution is -2.05. The van der Waals surface area contributed by atoms with Crippen LogP contribution in [-0.2, 0) is 16.0 Å². The molecule has 0 amide bonds. The van der Waals surface area contributed by atoms with E-state index in [9.17, 15) is 14.0 Å². The van der Waals surface area contributed by atoms with Crippen LogP contribution in [0.3, 0.4) is 0 Å². The first-order valence-corrected chi connectivity index (χ1v) is 6.98. The third kappa shape index (κ3) is 4.93. The van der Waals surface area contributed by atoms with Crippen LogP contribution in [0.4, 0.5) is 4.39 Å². The Morgan fingerprint density at radius 2 is 1.96 bits per heavy atom. The molecule has 0 spiro atoms. The van der Waals surface area contributed by atoms with Crippen molar-refractivity contribution in [3.63, 3.8) is 0 Å². The largest absolute Gasteiger partial charge is 0.481 e. The molecule has 0 aromatic heterocycles. The number of ether oxygens (including phenoxy) is 1. The van der Waals surface area contributed by atoms with Crippen molar-refractivity contribution < 1.29 is 23.8 Å². The Hall–Kier alpha value is -2.66. The van der Waals surface area contributed by atoms with Crippen molar-refractivity contribution >= 4 is 29.6 Å². The van der Waals surface area contributed by atoms with E-state index in [2.05, 4.69) is 0 Å². The molecule has 0 bridgehead atoms. The fraction of sp³-hybridized carbons (Fsp3) is 0.0588. The second-order valence-corrected chi connectivity index (χ2v) is 5.01. The first-order chi connectivity index (χ1) is 11.0. The van der Waals surface area contributed by atoms with Crippen molar-refractivity contribution in [3.05, 3.63) is 70.5 Å². The number of hydrogen-bond acceptors (Lipinski definition) is 3. The van der Waals surface area contributed by atoms with Gasteiger partial charge in [-0.3, -0.25) is 4.79 Å². The smallest absolute Gasteiger partial charge is 0.336 e. The number of benzene rings is 2. The fourth-order valence-electron chi connectivity index (χ4n) is 1.87. The zero-order valence-electron chi connectivity index (χ0n) is 11.8. The van der Waals surface area contributed by atoms with E-state index < -0.39 is 17.8 Å². The maximum absolute atomic E-state index is 13.6. The van der Waals surface area contributed by atoms with Crippen LogP contribution in [0.2, 0.25) is 5.02 Å². The molecule has 0 heterocycles. The molecular weight excluding hydrogens is 323 g/mol. The number of rotatable bonds is 5. The second kappa shape index (κ2) is 7.56. The standard InChI is InChI=1S/C17H12ClFO4/c18-14-5-2-6-15(19)13(14)7-8-17(22)23-12-4-1-3-11(9-12)10-16(20)21/h1-9H,10H2,(H,20,21). The van der Waals surface area contributed by atoms with E-state index in [0.717, 1.165) is 6.08 Å². The minimum Gasteiger partial charge on any atom is -0.481 e. The summed E-state index contributed by atoms with van der Waals surface area (Å²) in [7, 11) is 0. The third-order valence-corrected chi connectivity index (χ3v) is 3.19. The molecule has 0 atom stereocenters. The molecule has 0 aliphatic rings. The minimum absolute atomic E-state index is 0.0887. The van der Waals surface area contributed by atoms with Crippen LogP contribution in [0.5, 0.6) is 5.75 Å². The van der Waals surface area contributed by atoms with E-state index in [0.29, 0.717) is 5.56 Å². The summed E-state index contributed by atoms with van der Waals surface area (Å²) in [6, 6.07) is 10.4. The van der Waals surface area contributed by atoms with Gasteiger partial charge < -0.3 is 9.84 Å². The number of aliphatic carboxylic acids is 1. The maximum atomic E-state index is 13.6. The molecule has 0 aliphatic carbocycles. The number of halogens is 2. The van der Waals surface area contributed by atoms with Gasteiger partial charge in [-0.1, -0.05) is 29.8 Å². The molecule has 0 fully saturated rings. The number of carbonyl (C=O) groups is 2. The Balaban J connectivity index is 2.08. The first kappa shape index (κ1) is 16.7. The summed E-state index contributed by atoms with van der Waals surface area (Å²) < 4.78 is 18.6. The van der Waals surface area contributed by atoms with Gasteiger partial charge in [0.2, 0.25) is 0 Å². The van der Waals surface area contributed by atoms with Crippen molar-refractivity contribution in [2.75, 3.05) is 0 Å². The number of carboxylic acid groups (broad SMARTS) is 1. The number of carboxylic acids is 1. The molecule has 6 heteroatoms. The topological polar surface area (TPSA) is 63.6 Å². The third-order valence-electron chi connectivity index (χ3n) is 2.86. The summed E-state index contributed by atoms with van der Waals surface area (Å²) in [5.41, 5.74) is 0.592. The number of esters is 1. The first-order valence-electron chi connectivity index (χ1n) is 6.60. The zero-order chi connectivity index (χ0) is 16.8. The van der Waals surface area contributed by atoms with Gasteiger partial charge in [-0.05, 0) is 35.9 Å². The molecule has 23 heavy (non-hydrogen) atoms. The monoisotopic (exact) mass is 334 g/mol. The summed E-state index contributed by atoms with van der Waals surface area (Å²) in [4.78, 5) is 22.4. The van der Waals surface area contributed by atoms with Crippen molar-refractivity contribution in [2.45, 2.75) is 6.42 Å². The zero-order valence-corrected chi connectivity index (χ0v) is 12.6. The highest BCUT2D eigenvalue weighted by molar-refractivity contribution is 6.32. The van der Waals surface area contributed by atoms with Gasteiger partial charge >= 0.3 is 11.9 Å². The van der Waals surface area contributed by atoms with E-state index in [4.69, 9.17) is 21.4 Å². The van der Waals surface area contributed by atoms with Gasteiger partial charge in [0.25, 0.3) is 0 Å². The number of hydrogen-bond donors (Lipinski definition) is 1. The Morgan fingerprint density at radius 1 is 1.22 bits per heavy atom. The maximum Gasteiger partial charge on any atom is 0.336 e. The molecule has 0 saturated carbocycles. The van der Waals surface area contributed by atoms with Crippen LogP contribution >= 0.6 is 11.6 Å². The SMILES string of the molecule is O=C(O)Cc1cccc(OC(=O)C=Cc2c(F)cccc2Cl)c1. The average molecular weight is 335 g/mol. The van der Waals surface area contributed by atoms with E-state index >= 15 is 0 Å². The Kier molecular flexibility index (Phi) is 5.49. The summed E-state index contributed by atoms with van der Waals surface area (Å²) in [6.07, 6.45) is 2.10. The fourth-order valence-corrected chi connectivity index (χ4v) is 2.09. The predicted molar refractivity (Wildman–Crippen MR) is 83.9 cm³/mol. The molecule has 2 aromatic rings. The van der Waals surface area contributed by atoms with Gasteiger partial charge in [-0.2, -0.15) is 0 Å². The van der Waals surface area contributed by atoms with E-state index in [1.165, 1.54) is 36.4 Å². The molecule has 1 N–H and O–H groups in total. The lowest BCUT2D eigenvalue weighted by Gasteiger charge is -2.04. The van der Waals surface area contributed by atoms with Crippen molar-refractivity contribution in [3.8, 4) is 5.75 Å². The highest BCUT2D eigenvalue weighted by Gasteiger charge is 2.07. The normalized spacial score (nSPS) is 10.7. The molecule has 118 valence electrons. The van der Waals surface area contributed by atoms with E-state index in [1.54, 1.807) is 12.1 Å². The molecular formula is C17H12ClFO4. The highest BCUT2D eigenvalue weighted by atomic mass is 35.5. The van der Waals surface area contributed by atoms with Gasteiger partial charge in [0.05, 0.1) is 11.4 Å². The molecule has 0 saturated heterocycles. The molecule has 0 radical (unpaired) electrons. The molecule has 0 aliphatic heterocycles. The molecule has 2 rings (SSSR count). The van der Waals surface area contributed by atoms with Crippen molar-refractivity contribution in [1.29, 1.82) is 0 Å². The van der Waals surface area contributed by atoms with Crippen LogP contribution in [0.1, 0.15) is 11.1 Å². The summed E-state index contributed by atoms with van der Waals surface area (Å²) in [6.45, 7) is 0. The molecule has 4 nitrogen and oxygen atoms in total. The minimum atomic E-state index is -0.984. The van der Waals surface area contributed by atoms with Gasteiger partial charge in [0.15, 0.2) is 0 Å². The van der Waals surface area contributed by atoms with Gasteiger partial charge in [0, 0.05) is 11.6 Å². The van der Waals surface area contributed by atoms with Crippen LogP contribution in [0.15, 0.2) is 48.5 Å². The summed E-state index contributed by atoms with van der Waals surface area (Å²) >= 11 is 5.84. The van der Waals surface area contributed by atoms with E-state index in [1.807, 2.05) is 0 Å². The van der Waals surface area contributed by atoms with Crippen LogP contribution in [-0.4, -0.2) is 17.0 Å². The summed E-state index contributed by atoms with van der Waals surface area (Å²) in [5, 5.41) is 8.91. The van der Waals surface area contributed by atoms with Crippen LogP contribution in [0, 0.1) is 5.82 Å².